The molecule has 1 rings (SSSR count). The highest BCUT2D eigenvalue weighted by Gasteiger charge is 2.28. The maximum atomic E-state index is 13.8. The summed E-state index contributed by atoms with van der Waals surface area (Å²) in [6.07, 6.45) is 1.43. The third-order valence-electron chi connectivity index (χ3n) is 2.97. The lowest BCUT2D eigenvalue weighted by atomic mass is 10.2. The van der Waals surface area contributed by atoms with Gasteiger partial charge in [-0.2, -0.15) is 4.31 Å². The van der Waals surface area contributed by atoms with E-state index in [4.69, 9.17) is 5.11 Å². The molecule has 0 bridgehead atoms. The Morgan fingerprint density at radius 3 is 2.40 bits per heavy atom. The average molecular weight is 307 g/mol. The predicted molar refractivity (Wildman–Crippen MR) is 71.6 cm³/mol. The molecule has 0 unspecified atom stereocenters. The first-order valence-corrected chi connectivity index (χ1v) is 7.91. The summed E-state index contributed by atoms with van der Waals surface area (Å²) in [6.45, 7) is 3.41. The van der Waals surface area contributed by atoms with Crippen molar-refractivity contribution < 1.29 is 22.3 Å². The van der Waals surface area contributed by atoms with E-state index in [2.05, 4.69) is 0 Å². The van der Waals surface area contributed by atoms with Crippen molar-refractivity contribution in [3.63, 3.8) is 0 Å². The molecule has 0 aliphatic carbocycles. The molecule has 0 aliphatic rings. The minimum atomic E-state index is -4.10. The number of unbranched alkanes of at least 4 members (excludes halogenated alkanes) is 1. The highest BCUT2D eigenvalue weighted by atomic mass is 32.2. The molecule has 0 atom stereocenters. The summed E-state index contributed by atoms with van der Waals surface area (Å²) in [5.41, 5.74) is 0.0222. The van der Waals surface area contributed by atoms with E-state index in [1.54, 1.807) is 6.92 Å². The quantitative estimate of drug-likeness (QED) is 0.840. The van der Waals surface area contributed by atoms with Crippen LogP contribution >= 0.6 is 0 Å². The smallest absolute Gasteiger partial charge is 0.246 e. The van der Waals surface area contributed by atoms with Crippen LogP contribution in [0.2, 0.25) is 0 Å². The summed E-state index contributed by atoms with van der Waals surface area (Å²) in [5.74, 6) is -2.68. The van der Waals surface area contributed by atoms with Gasteiger partial charge in [0.25, 0.3) is 0 Å². The van der Waals surface area contributed by atoms with E-state index >= 15 is 0 Å². The topological polar surface area (TPSA) is 57.6 Å². The fourth-order valence-corrected chi connectivity index (χ4v) is 3.43. The Morgan fingerprint density at radius 1 is 1.25 bits per heavy atom. The van der Waals surface area contributed by atoms with Crippen molar-refractivity contribution in [2.24, 2.45) is 0 Å². The molecule has 0 radical (unpaired) electrons. The largest absolute Gasteiger partial charge is 0.392 e. The van der Waals surface area contributed by atoms with Gasteiger partial charge in [0, 0.05) is 13.1 Å². The number of benzene rings is 1. The molecule has 0 fully saturated rings. The van der Waals surface area contributed by atoms with Crippen LogP contribution in [-0.4, -0.2) is 30.9 Å². The summed E-state index contributed by atoms with van der Waals surface area (Å²) in [5, 5.41) is 8.98. The summed E-state index contributed by atoms with van der Waals surface area (Å²) >= 11 is 0. The van der Waals surface area contributed by atoms with Crippen LogP contribution in [0.4, 0.5) is 8.78 Å². The van der Waals surface area contributed by atoms with Gasteiger partial charge in [-0.25, -0.2) is 17.2 Å². The van der Waals surface area contributed by atoms with Gasteiger partial charge < -0.3 is 5.11 Å². The molecule has 0 aromatic heterocycles. The van der Waals surface area contributed by atoms with Crippen LogP contribution in [0.15, 0.2) is 17.0 Å². The summed E-state index contributed by atoms with van der Waals surface area (Å²) in [7, 11) is -4.10. The van der Waals surface area contributed by atoms with Gasteiger partial charge in [0.2, 0.25) is 10.0 Å². The van der Waals surface area contributed by atoms with E-state index in [0.717, 1.165) is 22.9 Å². The molecule has 0 saturated heterocycles. The zero-order valence-electron chi connectivity index (χ0n) is 11.6. The second-order valence-electron chi connectivity index (χ2n) is 4.40. The van der Waals surface area contributed by atoms with E-state index in [0.29, 0.717) is 6.42 Å². The maximum Gasteiger partial charge on any atom is 0.246 e. The van der Waals surface area contributed by atoms with E-state index in [1.165, 1.54) is 0 Å². The van der Waals surface area contributed by atoms with Crippen molar-refractivity contribution in [2.75, 3.05) is 13.1 Å². The number of hydrogen-bond donors (Lipinski definition) is 1. The molecular weight excluding hydrogens is 288 g/mol. The predicted octanol–water partition coefficient (Wildman–Crippen LogP) is 2.27. The third-order valence-corrected chi connectivity index (χ3v) is 4.94. The van der Waals surface area contributed by atoms with Crippen LogP contribution in [0.1, 0.15) is 32.3 Å². The van der Waals surface area contributed by atoms with Crippen molar-refractivity contribution in [1.29, 1.82) is 0 Å². The normalized spacial score (nSPS) is 12.1. The molecule has 114 valence electrons. The Bertz CT molecular complexity index is 561. The molecule has 0 aliphatic heterocycles. The Labute approximate surface area is 118 Å². The highest BCUT2D eigenvalue weighted by molar-refractivity contribution is 7.89. The minimum Gasteiger partial charge on any atom is -0.392 e. The second kappa shape index (κ2) is 7.10. The van der Waals surface area contributed by atoms with Gasteiger partial charge >= 0.3 is 0 Å². The van der Waals surface area contributed by atoms with Crippen molar-refractivity contribution >= 4 is 10.0 Å². The van der Waals surface area contributed by atoms with Gasteiger partial charge in [0.1, 0.15) is 4.90 Å². The summed E-state index contributed by atoms with van der Waals surface area (Å²) in [6, 6.07) is 1.76. The lowest BCUT2D eigenvalue weighted by molar-refractivity contribution is 0.280. The van der Waals surface area contributed by atoms with Gasteiger partial charge in [-0.05, 0) is 24.1 Å². The number of aliphatic hydroxyl groups is 1. The number of rotatable bonds is 7. The summed E-state index contributed by atoms with van der Waals surface area (Å²) < 4.78 is 53.0. The molecule has 7 heteroatoms. The van der Waals surface area contributed by atoms with Gasteiger partial charge in [-0.1, -0.05) is 20.3 Å². The molecule has 1 aromatic rings. The number of hydrogen-bond acceptors (Lipinski definition) is 3. The van der Waals surface area contributed by atoms with Crippen molar-refractivity contribution in [3.8, 4) is 0 Å². The van der Waals surface area contributed by atoms with Crippen LogP contribution in [0, 0.1) is 11.6 Å². The SMILES string of the molecule is CCCCN(CC)S(=O)(=O)c1cc(CO)cc(F)c1F. The Balaban J connectivity index is 3.29. The average Bonchev–Trinajstić information content (AvgIpc) is 2.42. The third kappa shape index (κ3) is 3.53. The monoisotopic (exact) mass is 307 g/mol. The molecule has 0 spiro atoms. The zero-order chi connectivity index (χ0) is 15.3. The van der Waals surface area contributed by atoms with Gasteiger partial charge in [0.05, 0.1) is 6.61 Å². The standard InChI is InChI=1S/C13H19F2NO3S/c1-3-5-6-16(4-2)20(18,19)12-8-10(9-17)7-11(14)13(12)15/h7-8,17H,3-6,9H2,1-2H3. The van der Waals surface area contributed by atoms with Crippen LogP contribution in [0.25, 0.3) is 0 Å². The fourth-order valence-electron chi connectivity index (χ4n) is 1.82. The molecule has 1 N–H and O–H groups in total. The zero-order valence-corrected chi connectivity index (χ0v) is 12.4. The lowest BCUT2D eigenvalue weighted by Crippen LogP contribution is -2.32. The molecule has 1 aromatic carbocycles. The first kappa shape index (κ1) is 17.0. The van der Waals surface area contributed by atoms with Crippen molar-refractivity contribution in [1.82, 2.24) is 4.31 Å². The number of sulfonamides is 1. The number of aliphatic hydroxyl groups excluding tert-OH is 1. The van der Waals surface area contributed by atoms with Crippen LogP contribution in [-0.2, 0) is 16.6 Å². The van der Waals surface area contributed by atoms with Gasteiger partial charge in [0.15, 0.2) is 11.6 Å². The molecular formula is C13H19F2NO3S. The van der Waals surface area contributed by atoms with E-state index in [-0.39, 0.29) is 18.7 Å². The second-order valence-corrected chi connectivity index (χ2v) is 6.30. The van der Waals surface area contributed by atoms with Crippen LogP contribution in [0.5, 0.6) is 0 Å². The van der Waals surface area contributed by atoms with E-state index in [1.807, 2.05) is 6.92 Å². The summed E-state index contributed by atoms with van der Waals surface area (Å²) in [4.78, 5) is -0.723. The molecule has 20 heavy (non-hydrogen) atoms. The molecule has 4 nitrogen and oxygen atoms in total. The van der Waals surface area contributed by atoms with Gasteiger partial charge in [-0.15, -0.1) is 0 Å². The van der Waals surface area contributed by atoms with E-state index in [9.17, 15) is 17.2 Å². The maximum absolute atomic E-state index is 13.8. The van der Waals surface area contributed by atoms with Gasteiger partial charge in [-0.3, -0.25) is 0 Å². The van der Waals surface area contributed by atoms with E-state index < -0.39 is 33.2 Å². The molecule has 0 amide bonds. The number of nitrogens with zero attached hydrogens (tertiary/aromatic N) is 1. The molecule has 0 heterocycles. The fraction of sp³-hybridized carbons (Fsp3) is 0.538. The first-order valence-electron chi connectivity index (χ1n) is 6.47. The van der Waals surface area contributed by atoms with Crippen molar-refractivity contribution in [3.05, 3.63) is 29.3 Å². The first-order chi connectivity index (χ1) is 9.38. The lowest BCUT2D eigenvalue weighted by Gasteiger charge is -2.21. The Hall–Kier alpha value is -1.05. The van der Waals surface area contributed by atoms with Crippen molar-refractivity contribution in [2.45, 2.75) is 38.2 Å². The molecule has 0 saturated carbocycles. The Morgan fingerprint density at radius 2 is 1.90 bits per heavy atom. The Kier molecular flexibility index (Phi) is 6.04. The van der Waals surface area contributed by atoms with Crippen LogP contribution in [0.3, 0.4) is 0 Å². The van der Waals surface area contributed by atoms with Crippen LogP contribution < -0.4 is 0 Å². The highest BCUT2D eigenvalue weighted by Crippen LogP contribution is 2.23. The number of halogens is 2. The minimum absolute atomic E-state index is 0.0222.